The molecule has 2 N–H and O–H groups in total. The van der Waals surface area contributed by atoms with Gasteiger partial charge in [-0.05, 0) is 54.1 Å². The lowest BCUT2D eigenvalue weighted by Gasteiger charge is -2.18. The maximum absolute atomic E-state index is 13.3. The van der Waals surface area contributed by atoms with Gasteiger partial charge in [0.25, 0.3) is 11.6 Å². The van der Waals surface area contributed by atoms with E-state index in [0.717, 1.165) is 10.5 Å². The first-order valence-corrected chi connectivity index (χ1v) is 12.6. The van der Waals surface area contributed by atoms with Crippen LogP contribution in [0.1, 0.15) is 21.2 Å². The number of non-ortho nitro benzene ring substituents is 1. The number of benzene rings is 4. The highest BCUT2D eigenvalue weighted by Crippen LogP contribution is 2.37. The fourth-order valence-corrected chi connectivity index (χ4v) is 4.79. The summed E-state index contributed by atoms with van der Waals surface area (Å²) in [6.07, 6.45) is 0. The van der Waals surface area contributed by atoms with Gasteiger partial charge in [0.2, 0.25) is 5.91 Å². The normalized spacial score (nSPS) is 11.4. The molecule has 0 saturated heterocycles. The number of carbonyl (C=O) groups is 2. The van der Waals surface area contributed by atoms with E-state index >= 15 is 0 Å². The second-order valence-corrected chi connectivity index (χ2v) is 9.81. The van der Waals surface area contributed by atoms with E-state index in [2.05, 4.69) is 10.6 Å². The minimum atomic E-state index is -0.601. The third-order valence-corrected chi connectivity index (χ3v) is 7.20. The average Bonchev–Trinajstić information content (AvgIpc) is 2.90. The Morgan fingerprint density at radius 1 is 0.784 bits per heavy atom. The van der Waals surface area contributed by atoms with Crippen molar-refractivity contribution in [2.75, 3.05) is 10.6 Å². The molecule has 4 aromatic rings. The largest absolute Gasteiger partial charge is 0.325 e. The molecule has 0 aromatic heterocycles. The van der Waals surface area contributed by atoms with Crippen LogP contribution in [0.4, 0.5) is 17.1 Å². The van der Waals surface area contributed by atoms with E-state index in [-0.39, 0.29) is 17.2 Å². The Morgan fingerprint density at radius 3 is 2.16 bits per heavy atom. The standard InChI is InChI=1S/C27H19Cl2N3O4S/c28-23-14-11-20(16-24(23)29)31-27(34)25(17-5-2-1-3-6-17)37-22-8-4-7-19(15-22)30-26(33)18-9-12-21(13-10-18)32(35)36/h1-16,25H,(H,30,33)(H,31,34). The summed E-state index contributed by atoms with van der Waals surface area (Å²) in [7, 11) is 0. The van der Waals surface area contributed by atoms with Crippen molar-refractivity contribution in [3.63, 3.8) is 0 Å². The van der Waals surface area contributed by atoms with Crippen LogP contribution in [0.5, 0.6) is 0 Å². The van der Waals surface area contributed by atoms with Crippen LogP contribution in [0, 0.1) is 10.1 Å². The SMILES string of the molecule is O=C(Nc1cccc(SC(C(=O)Nc2ccc(Cl)c(Cl)c2)c2ccccc2)c1)c1ccc([N+](=O)[O-])cc1. The molecule has 1 unspecified atom stereocenters. The highest BCUT2D eigenvalue weighted by atomic mass is 35.5. The van der Waals surface area contributed by atoms with Crippen LogP contribution in [0.15, 0.2) is 102 Å². The molecule has 0 fully saturated rings. The summed E-state index contributed by atoms with van der Waals surface area (Å²) in [5.74, 6) is -0.663. The first-order chi connectivity index (χ1) is 17.8. The molecule has 186 valence electrons. The number of nitro groups is 1. The maximum atomic E-state index is 13.3. The van der Waals surface area contributed by atoms with Gasteiger partial charge in [-0.15, -0.1) is 11.8 Å². The van der Waals surface area contributed by atoms with Crippen molar-refractivity contribution in [1.29, 1.82) is 0 Å². The molecule has 10 heteroatoms. The van der Waals surface area contributed by atoms with E-state index in [1.807, 2.05) is 36.4 Å². The van der Waals surface area contributed by atoms with Gasteiger partial charge in [-0.25, -0.2) is 0 Å². The van der Waals surface area contributed by atoms with Gasteiger partial charge in [-0.3, -0.25) is 19.7 Å². The quantitative estimate of drug-likeness (QED) is 0.133. The average molecular weight is 552 g/mol. The van der Waals surface area contributed by atoms with Gasteiger partial charge >= 0.3 is 0 Å². The van der Waals surface area contributed by atoms with Gasteiger partial charge < -0.3 is 10.6 Å². The summed E-state index contributed by atoms with van der Waals surface area (Å²) < 4.78 is 0. The molecule has 0 heterocycles. The Labute approximate surface area is 227 Å². The molecule has 1 atom stereocenters. The van der Waals surface area contributed by atoms with Crippen LogP contribution in [-0.2, 0) is 4.79 Å². The van der Waals surface area contributed by atoms with Crippen molar-refractivity contribution in [3.05, 3.63) is 128 Å². The summed E-state index contributed by atoms with van der Waals surface area (Å²) in [5, 5.41) is 16.6. The number of nitrogens with zero attached hydrogens (tertiary/aromatic N) is 1. The molecule has 0 aliphatic rings. The molecular weight excluding hydrogens is 533 g/mol. The fourth-order valence-electron chi connectivity index (χ4n) is 3.40. The topological polar surface area (TPSA) is 101 Å². The van der Waals surface area contributed by atoms with Gasteiger partial charge in [0.05, 0.1) is 15.0 Å². The van der Waals surface area contributed by atoms with E-state index in [0.29, 0.717) is 21.4 Å². The minimum Gasteiger partial charge on any atom is -0.325 e. The lowest BCUT2D eigenvalue weighted by Crippen LogP contribution is -2.19. The molecule has 0 aliphatic carbocycles. The molecule has 0 radical (unpaired) electrons. The van der Waals surface area contributed by atoms with Gasteiger partial charge in [0, 0.05) is 34.0 Å². The van der Waals surface area contributed by atoms with Crippen molar-refractivity contribution < 1.29 is 14.5 Å². The number of hydrogen-bond acceptors (Lipinski definition) is 5. The van der Waals surface area contributed by atoms with Crippen LogP contribution in [0.25, 0.3) is 0 Å². The molecule has 0 aliphatic heterocycles. The van der Waals surface area contributed by atoms with Gasteiger partial charge in [-0.2, -0.15) is 0 Å². The Morgan fingerprint density at radius 2 is 1.49 bits per heavy atom. The minimum absolute atomic E-state index is 0.0963. The van der Waals surface area contributed by atoms with Gasteiger partial charge in [0.1, 0.15) is 5.25 Å². The highest BCUT2D eigenvalue weighted by Gasteiger charge is 2.23. The fraction of sp³-hybridized carbons (Fsp3) is 0.0370. The predicted molar refractivity (Wildman–Crippen MR) is 148 cm³/mol. The summed E-state index contributed by atoms with van der Waals surface area (Å²) >= 11 is 13.4. The summed E-state index contributed by atoms with van der Waals surface area (Å²) in [4.78, 5) is 37.0. The first kappa shape index (κ1) is 26.2. The van der Waals surface area contributed by atoms with Crippen molar-refractivity contribution in [2.24, 2.45) is 0 Å². The van der Waals surface area contributed by atoms with E-state index in [9.17, 15) is 19.7 Å². The number of amides is 2. The number of hydrogen-bond donors (Lipinski definition) is 2. The lowest BCUT2D eigenvalue weighted by atomic mass is 10.1. The van der Waals surface area contributed by atoms with Crippen molar-refractivity contribution >= 4 is 63.8 Å². The number of halogens is 2. The number of nitrogens with one attached hydrogen (secondary N) is 2. The lowest BCUT2D eigenvalue weighted by molar-refractivity contribution is -0.384. The second kappa shape index (κ2) is 11.9. The van der Waals surface area contributed by atoms with Crippen molar-refractivity contribution in [1.82, 2.24) is 0 Å². The van der Waals surface area contributed by atoms with Crippen LogP contribution in [-0.4, -0.2) is 16.7 Å². The van der Waals surface area contributed by atoms with Crippen LogP contribution < -0.4 is 10.6 Å². The van der Waals surface area contributed by atoms with Crippen LogP contribution in [0.2, 0.25) is 10.0 Å². The van der Waals surface area contributed by atoms with E-state index in [1.54, 1.807) is 36.4 Å². The number of nitro benzene ring substituents is 1. The number of rotatable bonds is 8. The van der Waals surface area contributed by atoms with Gasteiger partial charge in [0.15, 0.2) is 0 Å². The maximum Gasteiger partial charge on any atom is 0.269 e. The van der Waals surface area contributed by atoms with Crippen LogP contribution >= 0.6 is 35.0 Å². The number of thioether (sulfide) groups is 1. The second-order valence-electron chi connectivity index (χ2n) is 7.81. The van der Waals surface area contributed by atoms with E-state index < -0.39 is 16.1 Å². The molecule has 7 nitrogen and oxygen atoms in total. The summed E-state index contributed by atoms with van der Waals surface area (Å²) in [6.45, 7) is 0. The van der Waals surface area contributed by atoms with E-state index in [4.69, 9.17) is 23.2 Å². The molecule has 0 saturated carbocycles. The zero-order valence-corrected chi connectivity index (χ0v) is 21.4. The number of anilines is 2. The smallest absolute Gasteiger partial charge is 0.269 e. The van der Waals surface area contributed by atoms with E-state index in [1.165, 1.54) is 36.0 Å². The molecule has 4 rings (SSSR count). The van der Waals surface area contributed by atoms with Gasteiger partial charge in [-0.1, -0.05) is 59.6 Å². The zero-order chi connectivity index (χ0) is 26.4. The summed E-state index contributed by atoms with van der Waals surface area (Å²) in [6, 6.07) is 26.6. The highest BCUT2D eigenvalue weighted by molar-refractivity contribution is 8.00. The van der Waals surface area contributed by atoms with Crippen molar-refractivity contribution in [3.8, 4) is 0 Å². The Hall–Kier alpha value is -3.85. The Bertz CT molecular complexity index is 1450. The zero-order valence-electron chi connectivity index (χ0n) is 19.1. The Balaban J connectivity index is 1.52. The Kier molecular flexibility index (Phi) is 8.45. The third kappa shape index (κ3) is 6.89. The summed E-state index contributed by atoms with van der Waals surface area (Å²) in [5.41, 5.74) is 2.02. The molecule has 37 heavy (non-hydrogen) atoms. The number of carbonyl (C=O) groups excluding carboxylic acids is 2. The van der Waals surface area contributed by atoms with Crippen LogP contribution in [0.3, 0.4) is 0 Å². The predicted octanol–water partition coefficient (Wildman–Crippen LogP) is 7.63. The third-order valence-electron chi connectivity index (χ3n) is 5.21. The first-order valence-electron chi connectivity index (χ1n) is 10.9. The molecule has 0 spiro atoms. The monoisotopic (exact) mass is 551 g/mol. The molecule has 0 bridgehead atoms. The molecule has 4 aromatic carbocycles. The molecular formula is C27H19Cl2N3O4S. The van der Waals surface area contributed by atoms with Crippen molar-refractivity contribution in [2.45, 2.75) is 10.1 Å². The molecule has 2 amide bonds.